The van der Waals surface area contributed by atoms with Gasteiger partial charge in [-0.05, 0) is 31.4 Å². The molecule has 0 radical (unpaired) electrons. The Kier molecular flexibility index (Phi) is 55.9. The third-order valence-corrected chi connectivity index (χ3v) is 4.54. The van der Waals surface area contributed by atoms with Gasteiger partial charge in [0.25, 0.3) is 0 Å². The molecule has 20 heteroatoms. The predicted molar refractivity (Wildman–Crippen MR) is 153 cm³/mol. The van der Waals surface area contributed by atoms with Crippen molar-refractivity contribution < 1.29 is 21.1 Å². The Hall–Kier alpha value is 1.96. The van der Waals surface area contributed by atoms with Crippen molar-refractivity contribution in [2.45, 2.75) is 0 Å². The van der Waals surface area contributed by atoms with Crippen molar-refractivity contribution in [1.29, 1.82) is 0 Å². The Bertz CT molecular complexity index is 353. The van der Waals surface area contributed by atoms with Gasteiger partial charge in [-0.2, -0.15) is 0 Å². The van der Waals surface area contributed by atoms with Crippen LogP contribution in [0.1, 0.15) is 0 Å². The van der Waals surface area contributed by atoms with Gasteiger partial charge in [-0.1, -0.05) is 41.7 Å². The Labute approximate surface area is 233 Å². The van der Waals surface area contributed by atoms with Crippen molar-refractivity contribution in [3.05, 3.63) is 0 Å². The van der Waals surface area contributed by atoms with Gasteiger partial charge in [0, 0.05) is 0 Å². The smallest absolute Gasteiger partial charge is 0.415 e. The third kappa shape index (κ3) is 255. The molecule has 0 unspecified atom stereocenters. The predicted octanol–water partition coefficient (Wildman–Crippen LogP) is 0.608. The summed E-state index contributed by atoms with van der Waals surface area (Å²) in [4.78, 5) is 0. The minimum absolute atomic E-state index is 0. The van der Waals surface area contributed by atoms with Gasteiger partial charge < -0.3 is 134 Å². The molecule has 0 rings (SSSR count). The molecule has 0 spiro atoms. The van der Waals surface area contributed by atoms with Crippen LogP contribution < -0.4 is 34.4 Å². The summed E-state index contributed by atoms with van der Waals surface area (Å²) in [6.45, 7) is 0. The van der Waals surface area contributed by atoms with E-state index >= 15 is 0 Å². The molecule has 6 nitrogen and oxygen atoms in total. The Morgan fingerprint density at radius 1 is 0.500 bits per heavy atom. The van der Waals surface area contributed by atoms with E-state index in [4.69, 9.17) is 11.5 Å². The molecule has 0 atom stereocenters. The van der Waals surface area contributed by atoms with Crippen molar-refractivity contribution >= 4 is 181 Å². The van der Waals surface area contributed by atoms with Crippen LogP contribution in [0.2, 0.25) is 0 Å². The molecule has 0 saturated carbocycles. The molecular weight excluding hydrogens is 669 g/mol. The molecule has 0 bridgehead atoms. The van der Waals surface area contributed by atoms with Crippen molar-refractivity contribution in [1.82, 2.24) is 0 Å². The first-order chi connectivity index (χ1) is 11.1. The van der Waals surface area contributed by atoms with E-state index in [0.717, 1.165) is 0 Å². The Balaban J connectivity index is -0.0000000508. The topological polar surface area (TPSA) is 156 Å². The first-order valence-corrected chi connectivity index (χ1v) is 12.1. The minimum atomic E-state index is 0. The van der Waals surface area contributed by atoms with E-state index in [0.29, 0.717) is 8.64 Å². The quantitative estimate of drug-likeness (QED) is 0.104. The molecule has 0 amide bonds. The van der Waals surface area contributed by atoms with Crippen LogP contribution in [0.3, 0.4) is 0 Å². The molecule has 0 fully saturated rings. The second kappa shape index (κ2) is 34.5. The van der Waals surface area contributed by atoms with Gasteiger partial charge in [0.2, 0.25) is 0 Å². The monoisotopic (exact) mass is 682 g/mol. The van der Waals surface area contributed by atoms with Crippen LogP contribution in [0.4, 0.5) is 0 Å². The van der Waals surface area contributed by atoms with E-state index in [9.17, 15) is 0 Å². The van der Waals surface area contributed by atoms with Crippen molar-refractivity contribution in [3.63, 3.8) is 0 Å². The van der Waals surface area contributed by atoms with E-state index in [1.165, 1.54) is 31.4 Å². The summed E-state index contributed by atoms with van der Waals surface area (Å²) < 4.78 is 1.12. The summed E-state index contributed by atoms with van der Waals surface area (Å²) in [5.74, 6) is 0. The summed E-state index contributed by atoms with van der Waals surface area (Å²) in [7, 11) is 3.93. The fourth-order valence-corrected chi connectivity index (χ4v) is 3.77. The van der Waals surface area contributed by atoms with Gasteiger partial charge in [-0.25, -0.2) is 0 Å². The zero-order chi connectivity index (χ0) is 21.6. The third-order valence-electron chi connectivity index (χ3n) is 0.232. The van der Waals surface area contributed by atoms with Gasteiger partial charge in [-0.15, -0.1) is 0 Å². The van der Waals surface area contributed by atoms with Crippen LogP contribution in [0.25, 0.3) is 0 Å². The zero-order valence-corrected chi connectivity index (χ0v) is 24.8. The van der Waals surface area contributed by atoms with Gasteiger partial charge >= 0.3 is 21.1 Å². The molecule has 150 valence electrons. The van der Waals surface area contributed by atoms with Gasteiger partial charge in [0.1, 0.15) is 8.64 Å². The molecule has 0 aromatic carbocycles. The van der Waals surface area contributed by atoms with Gasteiger partial charge in [0.15, 0.2) is 0 Å². The van der Waals surface area contributed by atoms with Crippen LogP contribution in [0, 0.1) is 0 Å². The fraction of sp³-hybridized carbons (Fsp3) is 0. The van der Waals surface area contributed by atoms with E-state index < -0.39 is 0 Å². The van der Waals surface area contributed by atoms with Gasteiger partial charge in [-0.3, -0.25) is 0 Å². The SMILES string of the molecule is NC(=S)SSSC(N)=S.NC(=S)[S-].NC(=S)[S-].NC(=S)[S-].NC(=S)[S-].[Mo+4]. The summed E-state index contributed by atoms with van der Waals surface area (Å²) in [5.41, 5.74) is 28.9. The van der Waals surface area contributed by atoms with E-state index in [2.05, 4.69) is 147 Å². The average molecular weight is 681 g/mol. The van der Waals surface area contributed by atoms with Crippen LogP contribution >= 0.6 is 105 Å². The zero-order valence-electron chi connectivity index (χ0n) is 12.2. The van der Waals surface area contributed by atoms with Crippen LogP contribution in [0.15, 0.2) is 0 Å². The number of hydrogen-bond donors (Lipinski definition) is 6. The maximum Gasteiger partial charge on any atom is 4.00 e. The molecule has 0 aromatic heterocycles. The van der Waals surface area contributed by atoms with Crippen LogP contribution in [-0.2, 0) is 71.6 Å². The van der Waals surface area contributed by atoms with E-state index in [1.54, 1.807) is 0 Å². The summed E-state index contributed by atoms with van der Waals surface area (Å²) in [5, 5.41) is 0. The molecule has 0 saturated heterocycles. The molecule has 0 aromatic rings. The van der Waals surface area contributed by atoms with Crippen molar-refractivity contribution in [2.24, 2.45) is 34.4 Å². The van der Waals surface area contributed by atoms with Gasteiger partial charge in [0.05, 0.1) is 0 Å². The minimum Gasteiger partial charge on any atom is -0.415 e. The molecule has 12 N–H and O–H groups in total. The second-order valence-electron chi connectivity index (χ2n) is 2.15. The average Bonchev–Trinajstić information content (AvgIpc) is 2.23. The van der Waals surface area contributed by atoms with Crippen LogP contribution in [0.5, 0.6) is 0 Å². The van der Waals surface area contributed by atoms with Crippen molar-refractivity contribution in [2.75, 3.05) is 0 Å². The molecule has 26 heavy (non-hydrogen) atoms. The summed E-state index contributed by atoms with van der Waals surface area (Å²) >= 11 is 42.2. The number of thiocarbonyl (C=S) groups is 6. The summed E-state index contributed by atoms with van der Waals surface area (Å²) in [6.07, 6.45) is 0. The molecule has 0 heterocycles. The number of rotatable bonds is 2. The summed E-state index contributed by atoms with van der Waals surface area (Å²) in [6, 6.07) is 0. The van der Waals surface area contributed by atoms with E-state index in [-0.39, 0.29) is 38.3 Å². The van der Waals surface area contributed by atoms with Crippen LogP contribution in [-0.4, -0.2) is 25.9 Å². The normalized spacial score (nSPS) is 6.77. The largest absolute Gasteiger partial charge is 4.00 e. The first kappa shape index (κ1) is 42.1. The molecule has 0 aliphatic rings. The number of hydrogen-bond acceptors (Lipinski definition) is 13. The molecule has 0 aliphatic heterocycles. The maximum absolute atomic E-state index is 5.15. The number of nitrogens with two attached hydrogens (primary N) is 6. The maximum atomic E-state index is 5.15. The van der Waals surface area contributed by atoms with E-state index in [1.807, 2.05) is 0 Å². The second-order valence-corrected chi connectivity index (χ2v) is 12.1. The standard InChI is InChI=1S/C2H4N2S5.4CH3NS2.Mo/c3-1(5)7-9-8-2(4)6;4*2-1(3)4;/h(H2,3,5)(H2,4,6);4*(H3,2,3,4);/q;;;;;+4/p-4. The molecule has 0 aliphatic carbocycles. The van der Waals surface area contributed by atoms with Crippen molar-refractivity contribution in [3.8, 4) is 0 Å². The fourth-order valence-electron chi connectivity index (χ4n) is 0.0841. The molecular formula is C6H12MoN6S13. The Morgan fingerprint density at radius 3 is 0.692 bits per heavy atom. The Morgan fingerprint density at radius 2 is 0.615 bits per heavy atom. The first-order valence-electron chi connectivity index (χ1n) is 4.51.